The van der Waals surface area contributed by atoms with E-state index in [9.17, 15) is 9.50 Å². The molecule has 6 heteroatoms. The first-order chi connectivity index (χ1) is 12.7. The number of pyridine rings is 1. The van der Waals surface area contributed by atoms with Crippen LogP contribution in [-0.2, 0) is 0 Å². The lowest BCUT2D eigenvalue weighted by Gasteiger charge is -2.30. The van der Waals surface area contributed by atoms with Gasteiger partial charge in [0.1, 0.15) is 11.6 Å². The third kappa shape index (κ3) is 3.41. The Kier molecular flexibility index (Phi) is 4.58. The highest BCUT2D eigenvalue weighted by Crippen LogP contribution is 2.28. The Hall–Kier alpha value is -2.86. The summed E-state index contributed by atoms with van der Waals surface area (Å²) < 4.78 is 14.3. The monoisotopic (exact) mass is 350 g/mol. The van der Waals surface area contributed by atoms with Gasteiger partial charge in [-0.3, -0.25) is 4.98 Å². The molecule has 4 rings (SSSR count). The Morgan fingerprint density at radius 1 is 1.04 bits per heavy atom. The predicted molar refractivity (Wildman–Crippen MR) is 98.1 cm³/mol. The molecule has 26 heavy (non-hydrogen) atoms. The molecule has 0 unspecified atom stereocenters. The van der Waals surface area contributed by atoms with Crippen LogP contribution in [0.1, 0.15) is 12.8 Å². The van der Waals surface area contributed by atoms with E-state index in [0.29, 0.717) is 43.0 Å². The zero-order valence-corrected chi connectivity index (χ0v) is 14.2. The lowest BCUT2D eigenvalue weighted by Crippen LogP contribution is -2.36. The Labute approximate surface area is 151 Å². The lowest BCUT2D eigenvalue weighted by atomic mass is 10.1. The average molecular weight is 350 g/mol. The lowest BCUT2D eigenvalue weighted by molar-refractivity contribution is 0.145. The summed E-state index contributed by atoms with van der Waals surface area (Å²) in [4.78, 5) is 15.5. The van der Waals surface area contributed by atoms with E-state index in [0.717, 1.165) is 11.4 Å². The van der Waals surface area contributed by atoms with Gasteiger partial charge < -0.3 is 10.0 Å². The van der Waals surface area contributed by atoms with Crippen molar-refractivity contribution >= 4 is 5.82 Å². The third-order valence-electron chi connectivity index (χ3n) is 4.57. The van der Waals surface area contributed by atoms with E-state index < -0.39 is 0 Å². The molecule has 1 aliphatic rings. The van der Waals surface area contributed by atoms with Gasteiger partial charge in [-0.2, -0.15) is 0 Å². The highest BCUT2D eigenvalue weighted by Gasteiger charge is 2.20. The van der Waals surface area contributed by atoms with Gasteiger partial charge in [0, 0.05) is 42.7 Å². The van der Waals surface area contributed by atoms with Gasteiger partial charge in [-0.05, 0) is 37.1 Å². The topological polar surface area (TPSA) is 62.1 Å². The highest BCUT2D eigenvalue weighted by atomic mass is 19.1. The molecule has 2 aromatic heterocycles. The van der Waals surface area contributed by atoms with Crippen molar-refractivity contribution in [2.24, 2.45) is 0 Å². The molecule has 5 nitrogen and oxygen atoms in total. The van der Waals surface area contributed by atoms with Crippen LogP contribution in [0, 0.1) is 5.82 Å². The molecule has 1 aliphatic heterocycles. The smallest absolute Gasteiger partial charge is 0.163 e. The minimum absolute atomic E-state index is 0.267. The molecule has 0 bridgehead atoms. The van der Waals surface area contributed by atoms with Crippen LogP contribution >= 0.6 is 0 Å². The number of hydrogen-bond acceptors (Lipinski definition) is 5. The fourth-order valence-corrected chi connectivity index (χ4v) is 3.12. The van der Waals surface area contributed by atoms with E-state index in [-0.39, 0.29) is 11.9 Å². The molecule has 0 spiro atoms. The van der Waals surface area contributed by atoms with Gasteiger partial charge in [0.25, 0.3) is 0 Å². The maximum absolute atomic E-state index is 14.3. The summed E-state index contributed by atoms with van der Waals surface area (Å²) in [6.07, 6.45) is 4.51. The summed E-state index contributed by atoms with van der Waals surface area (Å²) in [6, 6.07) is 12.1. The molecule has 1 aromatic carbocycles. The Morgan fingerprint density at radius 3 is 2.58 bits per heavy atom. The van der Waals surface area contributed by atoms with E-state index in [1.807, 2.05) is 18.2 Å². The fraction of sp³-hybridized carbons (Fsp3) is 0.250. The second-order valence-electron chi connectivity index (χ2n) is 6.37. The zero-order chi connectivity index (χ0) is 17.9. The number of aliphatic hydroxyl groups is 1. The van der Waals surface area contributed by atoms with Crippen LogP contribution in [0.4, 0.5) is 10.2 Å². The number of halogens is 1. The SMILES string of the molecule is OC1CCN(c2cc(-c3ccccc3F)nc(-c3cccnc3)n2)CC1. The van der Waals surface area contributed by atoms with Crippen molar-refractivity contribution in [1.82, 2.24) is 15.0 Å². The van der Waals surface area contributed by atoms with Crippen molar-refractivity contribution < 1.29 is 9.50 Å². The molecule has 1 N–H and O–H groups in total. The molecule has 0 radical (unpaired) electrons. The number of aliphatic hydroxyl groups excluding tert-OH is 1. The number of hydrogen-bond donors (Lipinski definition) is 1. The Morgan fingerprint density at radius 2 is 1.85 bits per heavy atom. The van der Waals surface area contributed by atoms with Gasteiger partial charge in [-0.1, -0.05) is 12.1 Å². The van der Waals surface area contributed by atoms with Crippen LogP contribution in [0.2, 0.25) is 0 Å². The van der Waals surface area contributed by atoms with Crippen molar-refractivity contribution in [3.8, 4) is 22.6 Å². The van der Waals surface area contributed by atoms with Gasteiger partial charge in [-0.25, -0.2) is 14.4 Å². The number of anilines is 1. The quantitative estimate of drug-likeness (QED) is 0.785. The van der Waals surface area contributed by atoms with E-state index >= 15 is 0 Å². The fourth-order valence-electron chi connectivity index (χ4n) is 3.12. The molecular weight excluding hydrogens is 331 g/mol. The van der Waals surface area contributed by atoms with Crippen LogP contribution in [-0.4, -0.2) is 39.3 Å². The largest absolute Gasteiger partial charge is 0.393 e. The van der Waals surface area contributed by atoms with Gasteiger partial charge in [0.05, 0.1) is 11.8 Å². The van der Waals surface area contributed by atoms with Gasteiger partial charge in [-0.15, -0.1) is 0 Å². The normalized spacial score (nSPS) is 15.2. The van der Waals surface area contributed by atoms with E-state index in [1.54, 1.807) is 30.6 Å². The molecule has 132 valence electrons. The molecular formula is C20H19FN4O. The molecule has 1 saturated heterocycles. The standard InChI is InChI=1S/C20H19FN4O/c21-17-6-2-1-5-16(17)18-12-19(25-10-7-15(26)8-11-25)24-20(23-18)14-4-3-9-22-13-14/h1-6,9,12-13,15,26H,7-8,10-11H2. The predicted octanol–water partition coefficient (Wildman–Crippen LogP) is 3.31. The van der Waals surface area contributed by atoms with Crippen LogP contribution < -0.4 is 4.90 Å². The number of nitrogens with zero attached hydrogens (tertiary/aromatic N) is 4. The van der Waals surface area contributed by atoms with Crippen LogP contribution in [0.5, 0.6) is 0 Å². The van der Waals surface area contributed by atoms with Crippen molar-refractivity contribution in [2.75, 3.05) is 18.0 Å². The number of aromatic nitrogens is 3. The van der Waals surface area contributed by atoms with E-state index in [2.05, 4.69) is 19.9 Å². The Bertz CT molecular complexity index is 895. The molecule has 1 fully saturated rings. The van der Waals surface area contributed by atoms with Crippen LogP contribution in [0.15, 0.2) is 54.9 Å². The maximum Gasteiger partial charge on any atom is 0.163 e. The van der Waals surface area contributed by atoms with Crippen molar-refractivity contribution in [2.45, 2.75) is 18.9 Å². The molecule has 0 aliphatic carbocycles. The summed E-state index contributed by atoms with van der Waals surface area (Å²) in [7, 11) is 0. The van der Waals surface area contributed by atoms with Gasteiger partial charge >= 0.3 is 0 Å². The van der Waals surface area contributed by atoms with Crippen molar-refractivity contribution in [1.29, 1.82) is 0 Å². The molecule has 3 aromatic rings. The van der Waals surface area contributed by atoms with Gasteiger partial charge in [0.15, 0.2) is 5.82 Å². The Balaban J connectivity index is 1.81. The second kappa shape index (κ2) is 7.17. The first-order valence-corrected chi connectivity index (χ1v) is 8.68. The summed E-state index contributed by atoms with van der Waals surface area (Å²) in [5, 5.41) is 9.76. The summed E-state index contributed by atoms with van der Waals surface area (Å²) in [5.74, 6) is 0.937. The summed E-state index contributed by atoms with van der Waals surface area (Å²) >= 11 is 0. The minimum atomic E-state index is -0.316. The second-order valence-corrected chi connectivity index (χ2v) is 6.37. The molecule has 0 amide bonds. The number of benzene rings is 1. The average Bonchev–Trinajstić information content (AvgIpc) is 2.69. The van der Waals surface area contributed by atoms with Crippen molar-refractivity contribution in [3.63, 3.8) is 0 Å². The van der Waals surface area contributed by atoms with Crippen molar-refractivity contribution in [3.05, 3.63) is 60.7 Å². The third-order valence-corrected chi connectivity index (χ3v) is 4.57. The molecule has 3 heterocycles. The summed E-state index contributed by atoms with van der Waals surface area (Å²) in [6.45, 7) is 1.42. The zero-order valence-electron chi connectivity index (χ0n) is 14.2. The minimum Gasteiger partial charge on any atom is -0.393 e. The number of rotatable bonds is 3. The molecule has 0 saturated carbocycles. The summed E-state index contributed by atoms with van der Waals surface area (Å²) in [5.41, 5.74) is 1.76. The highest BCUT2D eigenvalue weighted by molar-refractivity contribution is 5.68. The first-order valence-electron chi connectivity index (χ1n) is 8.68. The van der Waals surface area contributed by atoms with E-state index in [4.69, 9.17) is 0 Å². The maximum atomic E-state index is 14.3. The van der Waals surface area contributed by atoms with Gasteiger partial charge in [0.2, 0.25) is 0 Å². The molecule has 0 atom stereocenters. The first kappa shape index (κ1) is 16.6. The van der Waals surface area contributed by atoms with Crippen LogP contribution in [0.25, 0.3) is 22.6 Å². The van der Waals surface area contributed by atoms with E-state index in [1.165, 1.54) is 6.07 Å². The van der Waals surface area contributed by atoms with Crippen LogP contribution in [0.3, 0.4) is 0 Å². The number of piperidine rings is 1.